The van der Waals surface area contributed by atoms with Crippen LogP contribution in [0.25, 0.3) is 5.82 Å². The van der Waals surface area contributed by atoms with Gasteiger partial charge in [0.1, 0.15) is 29.6 Å². The summed E-state index contributed by atoms with van der Waals surface area (Å²) >= 11 is 0. The summed E-state index contributed by atoms with van der Waals surface area (Å²) in [6, 6.07) is 7.92. The van der Waals surface area contributed by atoms with Gasteiger partial charge < -0.3 is 9.47 Å². The molecule has 1 fully saturated rings. The van der Waals surface area contributed by atoms with E-state index in [0.717, 1.165) is 12.1 Å². The number of hydrogen-bond acceptors (Lipinski definition) is 5. The number of piperazine rings is 1. The average molecular weight is 405 g/mol. The predicted octanol–water partition coefficient (Wildman–Crippen LogP) is 2.06. The lowest BCUT2D eigenvalue weighted by molar-refractivity contribution is 0.383. The molecule has 3 heterocycles. The van der Waals surface area contributed by atoms with Gasteiger partial charge in [0.05, 0.1) is 4.90 Å². The van der Waals surface area contributed by atoms with Gasteiger partial charge in [-0.25, -0.2) is 27.2 Å². The quantitative estimate of drug-likeness (QED) is 0.665. The minimum atomic E-state index is -3.97. The predicted molar refractivity (Wildman–Crippen MR) is 98.7 cm³/mol. The van der Waals surface area contributed by atoms with Crippen molar-refractivity contribution in [3.8, 4) is 5.82 Å². The van der Waals surface area contributed by atoms with Gasteiger partial charge in [-0.3, -0.25) is 0 Å². The van der Waals surface area contributed by atoms with Crippen molar-refractivity contribution in [1.29, 1.82) is 0 Å². The van der Waals surface area contributed by atoms with Crippen LogP contribution < -0.4 is 4.90 Å². The Morgan fingerprint density at radius 1 is 0.821 bits per heavy atom. The van der Waals surface area contributed by atoms with E-state index in [1.54, 1.807) is 0 Å². The lowest BCUT2D eigenvalue weighted by Gasteiger charge is -2.34. The number of nitrogens with zero attached hydrogens (tertiary/aromatic N) is 5. The van der Waals surface area contributed by atoms with Crippen LogP contribution in [0.2, 0.25) is 0 Å². The SMILES string of the molecule is O=S(=O)(c1cc(F)cc(F)c1)N1CCN(c2cc(-n3cccc3)ncn2)CC1. The molecule has 0 radical (unpaired) electrons. The smallest absolute Gasteiger partial charge is 0.243 e. The maximum absolute atomic E-state index is 13.4. The highest BCUT2D eigenvalue weighted by atomic mass is 32.2. The molecule has 3 aromatic rings. The zero-order chi connectivity index (χ0) is 19.7. The molecule has 1 saturated heterocycles. The van der Waals surface area contributed by atoms with E-state index in [1.165, 1.54) is 10.6 Å². The standard InChI is InChI=1S/C18H17F2N5O2S/c19-14-9-15(20)11-16(10-14)28(26,27)25-7-5-24(6-8-25)18-12-17(21-13-22-18)23-3-1-2-4-23/h1-4,9-13H,5-8H2. The van der Waals surface area contributed by atoms with Crippen LogP contribution in [0.4, 0.5) is 14.6 Å². The first kappa shape index (κ1) is 18.5. The number of sulfonamides is 1. The Morgan fingerprint density at radius 3 is 2.07 bits per heavy atom. The van der Waals surface area contributed by atoms with Gasteiger partial charge in [-0.2, -0.15) is 4.31 Å². The van der Waals surface area contributed by atoms with Gasteiger partial charge in [-0.05, 0) is 24.3 Å². The van der Waals surface area contributed by atoms with Crippen LogP contribution in [0.5, 0.6) is 0 Å². The number of benzene rings is 1. The highest BCUT2D eigenvalue weighted by molar-refractivity contribution is 7.89. The Balaban J connectivity index is 1.50. The first-order chi connectivity index (χ1) is 13.4. The van der Waals surface area contributed by atoms with Gasteiger partial charge in [0.15, 0.2) is 0 Å². The first-order valence-corrected chi connectivity index (χ1v) is 10.0. The van der Waals surface area contributed by atoms with Crippen molar-refractivity contribution in [2.75, 3.05) is 31.1 Å². The zero-order valence-corrected chi connectivity index (χ0v) is 15.6. The molecule has 4 rings (SSSR count). The molecule has 1 aliphatic rings. The Labute approximate surface area is 160 Å². The molecule has 2 aromatic heterocycles. The van der Waals surface area contributed by atoms with Crippen LogP contribution in [0.1, 0.15) is 0 Å². The molecular weight excluding hydrogens is 388 g/mol. The van der Waals surface area contributed by atoms with E-state index in [-0.39, 0.29) is 18.0 Å². The molecule has 10 heteroatoms. The fourth-order valence-electron chi connectivity index (χ4n) is 3.12. The molecule has 146 valence electrons. The summed E-state index contributed by atoms with van der Waals surface area (Å²) in [6.45, 7) is 1.17. The third-order valence-electron chi connectivity index (χ3n) is 4.54. The molecule has 0 bridgehead atoms. The number of anilines is 1. The first-order valence-electron chi connectivity index (χ1n) is 8.60. The van der Waals surface area contributed by atoms with Crippen molar-refractivity contribution < 1.29 is 17.2 Å². The molecule has 0 aliphatic carbocycles. The summed E-state index contributed by atoms with van der Waals surface area (Å²) in [7, 11) is -3.97. The second-order valence-corrected chi connectivity index (χ2v) is 8.26. The van der Waals surface area contributed by atoms with Crippen molar-refractivity contribution in [1.82, 2.24) is 18.8 Å². The van der Waals surface area contributed by atoms with Crippen LogP contribution in [0.3, 0.4) is 0 Å². The Hall–Kier alpha value is -2.85. The average Bonchev–Trinajstić information content (AvgIpc) is 3.22. The minimum Gasteiger partial charge on any atom is -0.354 e. The molecule has 28 heavy (non-hydrogen) atoms. The van der Waals surface area contributed by atoms with Crippen LogP contribution in [0, 0.1) is 11.6 Å². The number of halogens is 2. The molecule has 0 N–H and O–H groups in total. The van der Waals surface area contributed by atoms with Crippen molar-refractivity contribution in [3.63, 3.8) is 0 Å². The molecule has 0 atom stereocenters. The maximum atomic E-state index is 13.4. The number of hydrogen-bond donors (Lipinski definition) is 0. The van der Waals surface area contributed by atoms with Gasteiger partial charge >= 0.3 is 0 Å². The molecular formula is C18H17F2N5O2S. The van der Waals surface area contributed by atoms with Crippen molar-refractivity contribution >= 4 is 15.8 Å². The lowest BCUT2D eigenvalue weighted by Crippen LogP contribution is -2.49. The van der Waals surface area contributed by atoms with Crippen LogP contribution in [0.15, 0.2) is 60.0 Å². The van der Waals surface area contributed by atoms with Crippen LogP contribution >= 0.6 is 0 Å². The molecule has 0 unspecified atom stereocenters. The van der Waals surface area contributed by atoms with E-state index in [2.05, 4.69) is 9.97 Å². The summed E-state index contributed by atoms with van der Waals surface area (Å²) in [5.74, 6) is -0.445. The molecule has 0 saturated carbocycles. The lowest BCUT2D eigenvalue weighted by atomic mass is 10.3. The van der Waals surface area contributed by atoms with E-state index in [4.69, 9.17) is 0 Å². The summed E-state index contributed by atoms with van der Waals surface area (Å²) in [5, 5.41) is 0. The zero-order valence-electron chi connectivity index (χ0n) is 14.7. The molecule has 0 amide bonds. The third kappa shape index (κ3) is 3.60. The maximum Gasteiger partial charge on any atom is 0.243 e. The summed E-state index contributed by atoms with van der Waals surface area (Å²) in [4.78, 5) is 10.1. The molecule has 1 aliphatic heterocycles. The summed E-state index contributed by atoms with van der Waals surface area (Å²) in [5.41, 5.74) is 0. The van der Waals surface area contributed by atoms with Crippen molar-refractivity contribution in [2.45, 2.75) is 4.90 Å². The highest BCUT2D eigenvalue weighted by Gasteiger charge is 2.29. The van der Waals surface area contributed by atoms with Gasteiger partial charge in [0.25, 0.3) is 0 Å². The summed E-state index contributed by atoms with van der Waals surface area (Å²) in [6.07, 6.45) is 5.20. The topological polar surface area (TPSA) is 71.3 Å². The largest absolute Gasteiger partial charge is 0.354 e. The van der Waals surface area contributed by atoms with Crippen LogP contribution in [-0.2, 0) is 10.0 Å². The van der Waals surface area contributed by atoms with Gasteiger partial charge in [-0.1, -0.05) is 0 Å². The Bertz CT molecular complexity index is 1060. The fraction of sp³-hybridized carbons (Fsp3) is 0.222. The summed E-state index contributed by atoms with van der Waals surface area (Å²) < 4.78 is 55.3. The van der Waals surface area contributed by atoms with E-state index in [9.17, 15) is 17.2 Å². The van der Waals surface area contributed by atoms with Gasteiger partial charge in [0, 0.05) is 50.7 Å². The highest BCUT2D eigenvalue weighted by Crippen LogP contribution is 2.22. The van der Waals surface area contributed by atoms with E-state index >= 15 is 0 Å². The third-order valence-corrected chi connectivity index (χ3v) is 6.42. The molecule has 1 aromatic carbocycles. The van der Waals surface area contributed by atoms with E-state index in [0.29, 0.717) is 30.8 Å². The Morgan fingerprint density at radius 2 is 1.43 bits per heavy atom. The minimum absolute atomic E-state index is 0.184. The molecule has 0 spiro atoms. The second kappa shape index (κ2) is 7.28. The van der Waals surface area contributed by atoms with Gasteiger partial charge in [0.2, 0.25) is 10.0 Å². The second-order valence-electron chi connectivity index (χ2n) is 6.32. The number of aromatic nitrogens is 3. The van der Waals surface area contributed by atoms with Crippen LogP contribution in [-0.4, -0.2) is 53.4 Å². The fourth-order valence-corrected chi connectivity index (χ4v) is 4.59. The van der Waals surface area contributed by atoms with Gasteiger partial charge in [-0.15, -0.1) is 0 Å². The van der Waals surface area contributed by atoms with E-state index in [1.807, 2.05) is 40.1 Å². The Kier molecular flexibility index (Phi) is 4.82. The van der Waals surface area contributed by atoms with E-state index < -0.39 is 21.7 Å². The molecule has 7 nitrogen and oxygen atoms in total. The number of rotatable bonds is 4. The monoisotopic (exact) mass is 405 g/mol. The van der Waals surface area contributed by atoms with Crippen molar-refractivity contribution in [3.05, 3.63) is 66.8 Å². The normalized spacial score (nSPS) is 15.7. The van der Waals surface area contributed by atoms with Crippen molar-refractivity contribution in [2.24, 2.45) is 0 Å².